The van der Waals surface area contributed by atoms with Crippen LogP contribution in [0.25, 0.3) is 16.9 Å². The fourth-order valence-corrected chi connectivity index (χ4v) is 3.56. The number of rotatable bonds is 6. The summed E-state index contributed by atoms with van der Waals surface area (Å²) in [6.07, 6.45) is 0. The maximum absolute atomic E-state index is 12.7. The number of hydrogen-bond donors (Lipinski definition) is 3. The Morgan fingerprint density at radius 1 is 1.09 bits per heavy atom. The van der Waals surface area contributed by atoms with Gasteiger partial charge in [0.05, 0.1) is 22.9 Å². The van der Waals surface area contributed by atoms with Gasteiger partial charge in [0, 0.05) is 31.8 Å². The molecule has 8 nitrogen and oxygen atoms in total. The molecule has 0 radical (unpaired) electrons. The second-order valence-electron chi connectivity index (χ2n) is 8.23. The zero-order chi connectivity index (χ0) is 22.7. The van der Waals surface area contributed by atoms with E-state index in [1.807, 2.05) is 73.1 Å². The van der Waals surface area contributed by atoms with Crippen molar-refractivity contribution in [2.45, 2.75) is 19.4 Å². The smallest absolute Gasteiger partial charge is 0.314 e. The minimum absolute atomic E-state index is 0.198. The van der Waals surface area contributed by atoms with E-state index < -0.39 is 5.60 Å². The van der Waals surface area contributed by atoms with Gasteiger partial charge in [-0.3, -0.25) is 4.79 Å². The molecule has 3 aromatic rings. The molecule has 2 aromatic carbocycles. The van der Waals surface area contributed by atoms with Crippen molar-refractivity contribution in [1.29, 1.82) is 0 Å². The lowest BCUT2D eigenvalue weighted by atomic mass is 9.95. The van der Waals surface area contributed by atoms with Gasteiger partial charge >= 0.3 is 6.03 Å². The standard InChI is InChI=1S/C24H27N5O3/c1-24(2,32-3)18-9-7-8-16(12-18)20-13-21(28-29(20)19-10-5-4-6-11-19)27-22(30)17-14-25-23(31)26-15-17/h4-13,17H,14-15H2,1-3H3,(H2,25,26,31)(H,27,28,30). The Morgan fingerprint density at radius 3 is 2.50 bits per heavy atom. The number of nitrogens with one attached hydrogen (secondary N) is 3. The molecule has 32 heavy (non-hydrogen) atoms. The fraction of sp³-hybridized carbons (Fsp3) is 0.292. The number of para-hydroxylation sites is 1. The van der Waals surface area contributed by atoms with Crippen LogP contribution in [0.2, 0.25) is 0 Å². The number of anilines is 1. The Kier molecular flexibility index (Phi) is 5.96. The minimum Gasteiger partial charge on any atom is -0.374 e. The molecule has 0 unspecified atom stereocenters. The van der Waals surface area contributed by atoms with Gasteiger partial charge in [0.2, 0.25) is 5.91 Å². The maximum atomic E-state index is 12.7. The summed E-state index contributed by atoms with van der Waals surface area (Å²) in [4.78, 5) is 24.0. The summed E-state index contributed by atoms with van der Waals surface area (Å²) in [5.41, 5.74) is 3.27. The Labute approximate surface area is 187 Å². The molecule has 166 valence electrons. The molecule has 3 amide bonds. The van der Waals surface area contributed by atoms with E-state index in [0.717, 1.165) is 22.5 Å². The quantitative estimate of drug-likeness (QED) is 0.556. The molecular weight excluding hydrogens is 406 g/mol. The Balaban J connectivity index is 1.69. The molecule has 1 aliphatic rings. The first-order valence-corrected chi connectivity index (χ1v) is 10.5. The van der Waals surface area contributed by atoms with E-state index >= 15 is 0 Å². The predicted octanol–water partition coefficient (Wildman–Crippen LogP) is 3.29. The second-order valence-corrected chi connectivity index (χ2v) is 8.23. The summed E-state index contributed by atoms with van der Waals surface area (Å²) in [5.74, 6) is -0.123. The normalized spacial score (nSPS) is 14.5. The third-order valence-electron chi connectivity index (χ3n) is 5.71. The van der Waals surface area contributed by atoms with Crippen molar-refractivity contribution in [2.24, 2.45) is 5.92 Å². The van der Waals surface area contributed by atoms with Crippen LogP contribution >= 0.6 is 0 Å². The van der Waals surface area contributed by atoms with Gasteiger partial charge in [0.25, 0.3) is 0 Å². The van der Waals surface area contributed by atoms with E-state index in [-0.39, 0.29) is 30.9 Å². The van der Waals surface area contributed by atoms with Gasteiger partial charge in [0.15, 0.2) is 5.82 Å². The molecule has 1 aliphatic heterocycles. The Hall–Kier alpha value is -3.65. The van der Waals surface area contributed by atoms with Crippen molar-refractivity contribution < 1.29 is 14.3 Å². The number of hydrogen-bond acceptors (Lipinski definition) is 4. The highest BCUT2D eigenvalue weighted by Crippen LogP contribution is 2.31. The maximum Gasteiger partial charge on any atom is 0.314 e. The zero-order valence-electron chi connectivity index (χ0n) is 18.4. The van der Waals surface area contributed by atoms with Crippen molar-refractivity contribution >= 4 is 17.8 Å². The number of ether oxygens (including phenoxy) is 1. The van der Waals surface area contributed by atoms with E-state index in [1.54, 1.807) is 7.11 Å². The summed E-state index contributed by atoms with van der Waals surface area (Å²) in [6, 6.07) is 19.5. The van der Waals surface area contributed by atoms with E-state index in [0.29, 0.717) is 5.82 Å². The monoisotopic (exact) mass is 433 g/mol. The van der Waals surface area contributed by atoms with E-state index in [4.69, 9.17) is 4.74 Å². The first-order chi connectivity index (χ1) is 15.4. The molecule has 0 atom stereocenters. The highest BCUT2D eigenvalue weighted by atomic mass is 16.5. The van der Waals surface area contributed by atoms with Crippen LogP contribution in [0.15, 0.2) is 60.7 Å². The van der Waals surface area contributed by atoms with Gasteiger partial charge in [-0.2, -0.15) is 0 Å². The Bertz CT molecular complexity index is 1110. The van der Waals surface area contributed by atoms with Crippen LogP contribution < -0.4 is 16.0 Å². The largest absolute Gasteiger partial charge is 0.374 e. The summed E-state index contributed by atoms with van der Waals surface area (Å²) < 4.78 is 7.46. The number of aromatic nitrogens is 2. The first-order valence-electron chi connectivity index (χ1n) is 10.5. The third kappa shape index (κ3) is 4.50. The van der Waals surface area contributed by atoms with Crippen molar-refractivity contribution in [3.63, 3.8) is 0 Å². The lowest BCUT2D eigenvalue weighted by molar-refractivity contribution is -0.119. The Morgan fingerprint density at radius 2 is 1.81 bits per heavy atom. The number of carbonyl (C=O) groups excluding carboxylic acids is 2. The molecule has 0 bridgehead atoms. The highest BCUT2D eigenvalue weighted by Gasteiger charge is 2.25. The van der Waals surface area contributed by atoms with Crippen molar-refractivity contribution in [2.75, 3.05) is 25.5 Å². The minimum atomic E-state index is -0.441. The molecule has 0 spiro atoms. The van der Waals surface area contributed by atoms with Crippen molar-refractivity contribution in [3.05, 3.63) is 66.2 Å². The van der Waals surface area contributed by atoms with Crippen LogP contribution in [0, 0.1) is 5.92 Å². The van der Waals surface area contributed by atoms with Crippen LogP contribution in [-0.2, 0) is 15.1 Å². The molecule has 1 fully saturated rings. The highest BCUT2D eigenvalue weighted by molar-refractivity contribution is 5.94. The van der Waals surface area contributed by atoms with E-state index in [9.17, 15) is 9.59 Å². The number of urea groups is 1. The van der Waals surface area contributed by atoms with Crippen molar-refractivity contribution in [1.82, 2.24) is 20.4 Å². The summed E-state index contributed by atoms with van der Waals surface area (Å²) in [7, 11) is 1.69. The lowest BCUT2D eigenvalue weighted by Crippen LogP contribution is -2.51. The third-order valence-corrected chi connectivity index (χ3v) is 5.71. The zero-order valence-corrected chi connectivity index (χ0v) is 18.4. The topological polar surface area (TPSA) is 97.3 Å². The molecule has 3 N–H and O–H groups in total. The molecule has 4 rings (SSSR count). The second kappa shape index (κ2) is 8.84. The van der Waals surface area contributed by atoms with Crippen LogP contribution in [0.4, 0.5) is 10.6 Å². The van der Waals surface area contributed by atoms with Gasteiger partial charge in [-0.15, -0.1) is 5.10 Å². The van der Waals surface area contributed by atoms with Crippen LogP contribution in [0.5, 0.6) is 0 Å². The molecule has 1 saturated heterocycles. The van der Waals surface area contributed by atoms with Crippen molar-refractivity contribution in [3.8, 4) is 16.9 Å². The summed E-state index contributed by atoms with van der Waals surface area (Å²) in [6.45, 7) is 4.61. The molecule has 0 saturated carbocycles. The molecule has 2 heterocycles. The van der Waals surface area contributed by atoms with E-state index in [2.05, 4.69) is 27.1 Å². The number of carbonyl (C=O) groups is 2. The van der Waals surface area contributed by atoms with Gasteiger partial charge in [-0.05, 0) is 37.6 Å². The van der Waals surface area contributed by atoms with Crippen LogP contribution in [0.3, 0.4) is 0 Å². The number of methoxy groups -OCH3 is 1. The van der Waals surface area contributed by atoms with Crippen LogP contribution in [0.1, 0.15) is 19.4 Å². The van der Waals surface area contributed by atoms with Crippen LogP contribution in [-0.4, -0.2) is 41.9 Å². The number of amides is 3. The number of benzene rings is 2. The van der Waals surface area contributed by atoms with Gasteiger partial charge in [-0.1, -0.05) is 36.4 Å². The van der Waals surface area contributed by atoms with Gasteiger partial charge in [-0.25, -0.2) is 9.48 Å². The average molecular weight is 434 g/mol. The predicted molar refractivity (Wildman–Crippen MR) is 123 cm³/mol. The first kappa shape index (κ1) is 21.6. The SMILES string of the molecule is COC(C)(C)c1cccc(-c2cc(NC(=O)C3CNC(=O)NC3)nn2-c2ccccc2)c1. The molecule has 1 aromatic heterocycles. The summed E-state index contributed by atoms with van der Waals surface area (Å²) in [5, 5.41) is 12.8. The number of nitrogens with zero attached hydrogens (tertiary/aromatic N) is 2. The van der Waals surface area contributed by atoms with Gasteiger partial charge in [0.1, 0.15) is 0 Å². The average Bonchev–Trinajstić information content (AvgIpc) is 3.24. The summed E-state index contributed by atoms with van der Waals surface area (Å²) >= 11 is 0. The molecular formula is C24H27N5O3. The van der Waals surface area contributed by atoms with Gasteiger partial charge < -0.3 is 20.7 Å². The lowest BCUT2D eigenvalue weighted by Gasteiger charge is -2.24. The molecule has 0 aliphatic carbocycles. The van der Waals surface area contributed by atoms with E-state index in [1.165, 1.54) is 0 Å². The fourth-order valence-electron chi connectivity index (χ4n) is 3.56. The molecule has 8 heteroatoms.